The van der Waals surface area contributed by atoms with Crippen LogP contribution in [0, 0.1) is 17.6 Å². The molecule has 1 aliphatic heterocycles. The molecule has 1 amide bonds. The molecule has 0 aromatic heterocycles. The van der Waals surface area contributed by atoms with Crippen LogP contribution in [0.1, 0.15) is 26.7 Å². The van der Waals surface area contributed by atoms with Crippen molar-refractivity contribution < 1.29 is 13.6 Å². The van der Waals surface area contributed by atoms with Gasteiger partial charge in [-0.25, -0.2) is 8.78 Å². The minimum Gasteiger partial charge on any atom is -0.272 e. The van der Waals surface area contributed by atoms with Gasteiger partial charge in [0.05, 0.1) is 6.42 Å². The summed E-state index contributed by atoms with van der Waals surface area (Å²) in [5.74, 6) is -1.35. The third-order valence-electron chi connectivity index (χ3n) is 2.61. The summed E-state index contributed by atoms with van der Waals surface area (Å²) in [5.41, 5.74) is 0.735. The van der Waals surface area contributed by atoms with Crippen molar-refractivity contribution in [2.45, 2.75) is 26.7 Å². The van der Waals surface area contributed by atoms with Gasteiger partial charge in [-0.3, -0.25) is 4.79 Å². The molecule has 0 N–H and O–H groups in total. The summed E-state index contributed by atoms with van der Waals surface area (Å²) >= 11 is 0. The number of carbonyl (C=O) groups excluding carboxylic acids is 1. The van der Waals surface area contributed by atoms with Gasteiger partial charge < -0.3 is 0 Å². The van der Waals surface area contributed by atoms with E-state index in [2.05, 4.69) is 5.10 Å². The summed E-state index contributed by atoms with van der Waals surface area (Å²) in [6.45, 7) is 4.04. The van der Waals surface area contributed by atoms with E-state index >= 15 is 0 Å². The molecule has 0 spiro atoms. The number of rotatable bonds is 3. The summed E-state index contributed by atoms with van der Waals surface area (Å²) < 4.78 is 26.4. The van der Waals surface area contributed by atoms with Crippen molar-refractivity contribution in [3.8, 4) is 0 Å². The molecular formula is C13H14F2N2O. The van der Waals surface area contributed by atoms with Crippen LogP contribution in [0.25, 0.3) is 0 Å². The van der Waals surface area contributed by atoms with E-state index in [-0.39, 0.29) is 18.0 Å². The summed E-state index contributed by atoms with van der Waals surface area (Å²) in [5, 5.41) is 5.13. The maximum atomic E-state index is 13.6. The number of halogens is 2. The number of anilines is 1. The van der Waals surface area contributed by atoms with E-state index in [0.717, 1.165) is 22.9 Å². The quantitative estimate of drug-likeness (QED) is 0.813. The Balaban J connectivity index is 2.27. The van der Waals surface area contributed by atoms with Crippen LogP contribution in [0.15, 0.2) is 23.3 Å². The Morgan fingerprint density at radius 3 is 2.72 bits per heavy atom. The van der Waals surface area contributed by atoms with Gasteiger partial charge >= 0.3 is 0 Å². The highest BCUT2D eigenvalue weighted by atomic mass is 19.1. The van der Waals surface area contributed by atoms with Crippen molar-refractivity contribution in [1.29, 1.82) is 0 Å². The molecule has 1 aromatic carbocycles. The molecule has 1 heterocycles. The number of hydrogen-bond acceptors (Lipinski definition) is 2. The number of hydrogen-bond donors (Lipinski definition) is 0. The van der Waals surface area contributed by atoms with Gasteiger partial charge in [-0.05, 0) is 24.5 Å². The Hall–Kier alpha value is -1.78. The lowest BCUT2D eigenvalue weighted by Gasteiger charge is -2.12. The maximum absolute atomic E-state index is 13.6. The molecule has 0 radical (unpaired) electrons. The monoisotopic (exact) mass is 252 g/mol. The van der Waals surface area contributed by atoms with Gasteiger partial charge in [0.1, 0.15) is 11.5 Å². The van der Waals surface area contributed by atoms with Crippen molar-refractivity contribution in [2.75, 3.05) is 5.01 Å². The van der Waals surface area contributed by atoms with Crippen LogP contribution >= 0.6 is 0 Å². The first-order valence-electron chi connectivity index (χ1n) is 5.81. The maximum Gasteiger partial charge on any atom is 0.253 e. The molecule has 2 rings (SSSR count). The molecule has 0 bridgehead atoms. The zero-order valence-corrected chi connectivity index (χ0v) is 10.3. The molecule has 18 heavy (non-hydrogen) atoms. The van der Waals surface area contributed by atoms with Crippen LogP contribution in [0.4, 0.5) is 14.5 Å². The first-order valence-corrected chi connectivity index (χ1v) is 5.81. The van der Waals surface area contributed by atoms with Crippen LogP contribution in [-0.2, 0) is 4.79 Å². The molecule has 3 nitrogen and oxygen atoms in total. The standard InChI is InChI=1S/C13H14F2N2O/c1-8(2)5-10-7-13(18)17(16-10)12-4-3-9(14)6-11(12)15/h3-4,6,8H,5,7H2,1-2H3. The second-order valence-corrected chi connectivity index (χ2v) is 4.74. The minimum absolute atomic E-state index is 0.000145. The van der Waals surface area contributed by atoms with Crippen LogP contribution in [0.3, 0.4) is 0 Å². The lowest BCUT2D eigenvalue weighted by Crippen LogP contribution is -2.20. The van der Waals surface area contributed by atoms with Crippen LogP contribution < -0.4 is 5.01 Å². The number of hydrazone groups is 1. The fraction of sp³-hybridized carbons (Fsp3) is 0.385. The number of benzene rings is 1. The minimum atomic E-state index is -0.780. The van der Waals surface area contributed by atoms with Crippen LogP contribution in [0.5, 0.6) is 0 Å². The lowest BCUT2D eigenvalue weighted by molar-refractivity contribution is -0.116. The van der Waals surface area contributed by atoms with Gasteiger partial charge in [-0.1, -0.05) is 13.8 Å². The van der Waals surface area contributed by atoms with Crippen molar-refractivity contribution in [1.82, 2.24) is 0 Å². The van der Waals surface area contributed by atoms with Crippen molar-refractivity contribution in [3.05, 3.63) is 29.8 Å². The smallest absolute Gasteiger partial charge is 0.253 e. The van der Waals surface area contributed by atoms with Crippen LogP contribution in [0.2, 0.25) is 0 Å². The van der Waals surface area contributed by atoms with Gasteiger partial charge in [0.15, 0.2) is 5.82 Å². The van der Waals surface area contributed by atoms with E-state index in [1.54, 1.807) is 0 Å². The van der Waals surface area contributed by atoms with Gasteiger partial charge in [0.2, 0.25) is 0 Å². The largest absolute Gasteiger partial charge is 0.272 e. The predicted molar refractivity (Wildman–Crippen MR) is 65.4 cm³/mol. The number of carbonyl (C=O) groups is 1. The molecular weight excluding hydrogens is 238 g/mol. The second kappa shape index (κ2) is 4.84. The Morgan fingerprint density at radius 1 is 1.39 bits per heavy atom. The Kier molecular flexibility index (Phi) is 3.41. The van der Waals surface area contributed by atoms with Crippen LogP contribution in [-0.4, -0.2) is 11.6 Å². The molecule has 5 heteroatoms. The SMILES string of the molecule is CC(C)CC1=NN(c2ccc(F)cc2F)C(=O)C1. The molecule has 0 atom stereocenters. The Morgan fingerprint density at radius 2 is 2.11 bits per heavy atom. The molecule has 1 aromatic rings. The zero-order chi connectivity index (χ0) is 13.3. The topological polar surface area (TPSA) is 32.7 Å². The third-order valence-corrected chi connectivity index (χ3v) is 2.61. The predicted octanol–water partition coefficient (Wildman–Crippen LogP) is 3.10. The van der Waals surface area contributed by atoms with Gasteiger partial charge in [0.25, 0.3) is 5.91 Å². The van der Waals surface area contributed by atoms with E-state index < -0.39 is 11.6 Å². The fourth-order valence-corrected chi connectivity index (χ4v) is 1.91. The Bertz CT molecular complexity index is 512. The van der Waals surface area contributed by atoms with E-state index in [1.807, 2.05) is 13.8 Å². The molecule has 1 aliphatic rings. The molecule has 0 fully saturated rings. The molecule has 0 saturated carbocycles. The highest BCUT2D eigenvalue weighted by Crippen LogP contribution is 2.25. The first kappa shape index (κ1) is 12.7. The van der Waals surface area contributed by atoms with Gasteiger partial charge in [-0.2, -0.15) is 10.1 Å². The average Bonchev–Trinajstić information content (AvgIpc) is 2.58. The van der Waals surface area contributed by atoms with E-state index in [1.165, 1.54) is 6.07 Å². The fourth-order valence-electron chi connectivity index (χ4n) is 1.91. The van der Waals surface area contributed by atoms with E-state index in [9.17, 15) is 13.6 Å². The summed E-state index contributed by atoms with van der Waals surface area (Å²) in [7, 11) is 0. The normalized spacial score (nSPS) is 15.5. The first-order chi connectivity index (χ1) is 8.47. The van der Waals surface area contributed by atoms with Crippen molar-refractivity contribution >= 4 is 17.3 Å². The van der Waals surface area contributed by atoms with Gasteiger partial charge in [0, 0.05) is 11.8 Å². The number of nitrogens with zero attached hydrogens (tertiary/aromatic N) is 2. The summed E-state index contributed by atoms with van der Waals surface area (Å²) in [4.78, 5) is 11.8. The van der Waals surface area contributed by atoms with Crippen molar-refractivity contribution in [3.63, 3.8) is 0 Å². The average molecular weight is 252 g/mol. The van der Waals surface area contributed by atoms with E-state index in [4.69, 9.17) is 0 Å². The molecule has 0 unspecified atom stereocenters. The van der Waals surface area contributed by atoms with Gasteiger partial charge in [-0.15, -0.1) is 0 Å². The molecule has 0 aliphatic carbocycles. The van der Waals surface area contributed by atoms with Crippen molar-refractivity contribution in [2.24, 2.45) is 11.0 Å². The zero-order valence-electron chi connectivity index (χ0n) is 10.3. The second-order valence-electron chi connectivity index (χ2n) is 4.74. The molecule has 96 valence electrons. The number of amides is 1. The molecule has 0 saturated heterocycles. The third kappa shape index (κ3) is 2.55. The Labute approximate surface area is 104 Å². The summed E-state index contributed by atoms with van der Waals surface area (Å²) in [6.07, 6.45) is 0.903. The van der Waals surface area contributed by atoms with E-state index in [0.29, 0.717) is 12.3 Å². The highest BCUT2D eigenvalue weighted by molar-refractivity contribution is 6.13. The lowest BCUT2D eigenvalue weighted by atomic mass is 10.1. The summed E-state index contributed by atoms with van der Waals surface area (Å²) in [6, 6.07) is 3.09. The highest BCUT2D eigenvalue weighted by Gasteiger charge is 2.27.